The number of carbonyl (C=O) groups excluding carboxylic acids is 1. The number of carbonyl (C=O) groups is 1. The van der Waals surface area contributed by atoms with Gasteiger partial charge in [0.1, 0.15) is 16.8 Å². The van der Waals surface area contributed by atoms with Crippen LogP contribution in [0.25, 0.3) is 21.8 Å². The molecule has 0 radical (unpaired) electrons. The standard InChI is InChI=1S/C24H22N4O3S/c1-16(28-22(29)13-12-21(27-28)17-6-4-3-5-7-17)23(30)25-14-19-15-32-24(26-19)18-8-10-20(31-2)11-9-18/h3-13,15-16H,14H2,1-2H3,(H,25,30). The number of benzene rings is 2. The van der Waals surface area contributed by atoms with Crippen LogP contribution in [-0.4, -0.2) is 27.8 Å². The van der Waals surface area contributed by atoms with Crippen molar-refractivity contribution in [1.29, 1.82) is 0 Å². The second-order valence-electron chi connectivity index (χ2n) is 7.13. The number of rotatable bonds is 7. The predicted octanol–water partition coefficient (Wildman–Crippen LogP) is 3.92. The third kappa shape index (κ3) is 4.76. The van der Waals surface area contributed by atoms with Gasteiger partial charge in [0, 0.05) is 22.6 Å². The Morgan fingerprint density at radius 2 is 1.81 bits per heavy atom. The minimum Gasteiger partial charge on any atom is -0.497 e. The number of aromatic nitrogens is 3. The largest absolute Gasteiger partial charge is 0.497 e. The molecule has 1 atom stereocenters. The summed E-state index contributed by atoms with van der Waals surface area (Å²) in [5, 5.41) is 10.0. The Kier molecular flexibility index (Phi) is 6.42. The molecule has 1 unspecified atom stereocenters. The van der Waals surface area contributed by atoms with E-state index in [2.05, 4.69) is 15.4 Å². The molecule has 7 nitrogen and oxygen atoms in total. The van der Waals surface area contributed by atoms with Crippen molar-refractivity contribution < 1.29 is 9.53 Å². The van der Waals surface area contributed by atoms with Crippen LogP contribution in [0.5, 0.6) is 5.75 Å². The molecule has 0 saturated heterocycles. The summed E-state index contributed by atoms with van der Waals surface area (Å²) in [6.45, 7) is 1.92. The van der Waals surface area contributed by atoms with Gasteiger partial charge >= 0.3 is 0 Å². The normalized spacial score (nSPS) is 11.7. The highest BCUT2D eigenvalue weighted by Crippen LogP contribution is 2.25. The van der Waals surface area contributed by atoms with Gasteiger partial charge < -0.3 is 10.1 Å². The highest BCUT2D eigenvalue weighted by molar-refractivity contribution is 7.13. The van der Waals surface area contributed by atoms with Crippen LogP contribution in [-0.2, 0) is 11.3 Å². The Balaban J connectivity index is 1.43. The second-order valence-corrected chi connectivity index (χ2v) is 7.99. The Labute approximate surface area is 189 Å². The first-order chi connectivity index (χ1) is 15.5. The van der Waals surface area contributed by atoms with E-state index in [1.165, 1.54) is 22.1 Å². The maximum atomic E-state index is 12.7. The minimum absolute atomic E-state index is 0.267. The van der Waals surface area contributed by atoms with E-state index in [0.29, 0.717) is 5.69 Å². The van der Waals surface area contributed by atoms with Crippen molar-refractivity contribution in [2.45, 2.75) is 19.5 Å². The zero-order valence-electron chi connectivity index (χ0n) is 17.7. The van der Waals surface area contributed by atoms with Crippen molar-refractivity contribution in [1.82, 2.24) is 20.1 Å². The van der Waals surface area contributed by atoms with E-state index < -0.39 is 6.04 Å². The summed E-state index contributed by atoms with van der Waals surface area (Å²) < 4.78 is 6.39. The predicted molar refractivity (Wildman–Crippen MR) is 125 cm³/mol. The van der Waals surface area contributed by atoms with Gasteiger partial charge in [0.2, 0.25) is 5.91 Å². The summed E-state index contributed by atoms with van der Waals surface area (Å²) in [6, 6.07) is 19.5. The highest BCUT2D eigenvalue weighted by Gasteiger charge is 2.18. The molecule has 2 heterocycles. The van der Waals surface area contributed by atoms with Crippen LogP contribution in [0.3, 0.4) is 0 Å². The first-order valence-electron chi connectivity index (χ1n) is 10.1. The molecule has 4 rings (SSSR count). The molecular weight excluding hydrogens is 424 g/mol. The summed E-state index contributed by atoms with van der Waals surface area (Å²) in [6.07, 6.45) is 0. The van der Waals surface area contributed by atoms with Gasteiger partial charge in [0.05, 0.1) is 25.0 Å². The Hall–Kier alpha value is -3.78. The number of nitrogens with zero attached hydrogens (tertiary/aromatic N) is 3. The van der Waals surface area contributed by atoms with E-state index >= 15 is 0 Å². The molecule has 0 saturated carbocycles. The van der Waals surface area contributed by atoms with Gasteiger partial charge in [0.15, 0.2) is 0 Å². The molecule has 0 aliphatic heterocycles. The molecule has 8 heteroatoms. The highest BCUT2D eigenvalue weighted by atomic mass is 32.1. The van der Waals surface area contributed by atoms with Gasteiger partial charge in [-0.1, -0.05) is 30.3 Å². The molecule has 0 aliphatic rings. The number of hydrogen-bond acceptors (Lipinski definition) is 6. The number of hydrogen-bond donors (Lipinski definition) is 1. The summed E-state index contributed by atoms with van der Waals surface area (Å²) in [5.74, 6) is 0.482. The first kappa shape index (κ1) is 21.5. The molecular formula is C24H22N4O3S. The van der Waals surface area contributed by atoms with E-state index in [0.717, 1.165) is 27.6 Å². The summed E-state index contributed by atoms with van der Waals surface area (Å²) >= 11 is 1.50. The van der Waals surface area contributed by atoms with Crippen molar-refractivity contribution in [2.24, 2.45) is 0 Å². The molecule has 2 aromatic heterocycles. The van der Waals surface area contributed by atoms with Gasteiger partial charge in [-0.15, -0.1) is 11.3 Å². The number of ether oxygens (including phenoxy) is 1. The van der Waals surface area contributed by atoms with Crippen molar-refractivity contribution in [3.05, 3.63) is 88.2 Å². The van der Waals surface area contributed by atoms with Crippen LogP contribution in [0.15, 0.2) is 76.9 Å². The molecule has 0 spiro atoms. The van der Waals surface area contributed by atoms with Gasteiger partial charge in [0.25, 0.3) is 5.56 Å². The van der Waals surface area contributed by atoms with E-state index in [4.69, 9.17) is 4.74 Å². The Bertz CT molecular complexity index is 1270. The van der Waals surface area contributed by atoms with Crippen LogP contribution in [0.2, 0.25) is 0 Å². The SMILES string of the molecule is COc1ccc(-c2nc(CNC(=O)C(C)n3nc(-c4ccccc4)ccc3=O)cs2)cc1. The average Bonchev–Trinajstić information content (AvgIpc) is 3.32. The van der Waals surface area contributed by atoms with Crippen LogP contribution in [0.1, 0.15) is 18.7 Å². The summed E-state index contributed by atoms with van der Waals surface area (Å²) in [4.78, 5) is 29.6. The van der Waals surface area contributed by atoms with E-state index in [1.807, 2.05) is 60.0 Å². The number of thiazole rings is 1. The zero-order chi connectivity index (χ0) is 22.5. The fraction of sp³-hybridized carbons (Fsp3) is 0.167. The molecule has 0 aliphatic carbocycles. The molecule has 1 amide bonds. The third-order valence-corrected chi connectivity index (χ3v) is 5.91. The van der Waals surface area contributed by atoms with Crippen LogP contribution < -0.4 is 15.6 Å². The lowest BCUT2D eigenvalue weighted by Crippen LogP contribution is -2.36. The first-order valence-corrected chi connectivity index (χ1v) is 10.9. The van der Waals surface area contributed by atoms with Gasteiger partial charge in [-0.25, -0.2) is 9.67 Å². The zero-order valence-corrected chi connectivity index (χ0v) is 18.5. The van der Waals surface area contributed by atoms with E-state index in [9.17, 15) is 9.59 Å². The Morgan fingerprint density at radius 3 is 2.53 bits per heavy atom. The molecule has 32 heavy (non-hydrogen) atoms. The topological polar surface area (TPSA) is 86.1 Å². The third-order valence-electron chi connectivity index (χ3n) is 4.97. The monoisotopic (exact) mass is 446 g/mol. The second kappa shape index (κ2) is 9.57. The van der Waals surface area contributed by atoms with Crippen molar-refractivity contribution in [2.75, 3.05) is 7.11 Å². The van der Waals surface area contributed by atoms with E-state index in [1.54, 1.807) is 20.1 Å². The quantitative estimate of drug-likeness (QED) is 0.465. The average molecular weight is 447 g/mol. The van der Waals surface area contributed by atoms with E-state index in [-0.39, 0.29) is 18.0 Å². The summed E-state index contributed by atoms with van der Waals surface area (Å²) in [5.41, 5.74) is 2.91. The molecule has 2 aromatic carbocycles. The van der Waals surface area contributed by atoms with Crippen molar-refractivity contribution in [3.63, 3.8) is 0 Å². The van der Waals surface area contributed by atoms with Crippen molar-refractivity contribution in [3.8, 4) is 27.6 Å². The minimum atomic E-state index is -0.758. The van der Waals surface area contributed by atoms with Crippen molar-refractivity contribution >= 4 is 17.2 Å². The molecule has 0 fully saturated rings. The van der Waals surface area contributed by atoms with Gasteiger partial charge in [-0.2, -0.15) is 5.10 Å². The maximum Gasteiger partial charge on any atom is 0.267 e. The number of amides is 1. The lowest BCUT2D eigenvalue weighted by Gasteiger charge is -2.14. The number of methoxy groups -OCH3 is 1. The molecule has 1 N–H and O–H groups in total. The maximum absolute atomic E-state index is 12.7. The summed E-state index contributed by atoms with van der Waals surface area (Å²) in [7, 11) is 1.63. The smallest absolute Gasteiger partial charge is 0.267 e. The van der Waals surface area contributed by atoms with Gasteiger partial charge in [-0.3, -0.25) is 9.59 Å². The van der Waals surface area contributed by atoms with Crippen LogP contribution in [0, 0.1) is 0 Å². The molecule has 162 valence electrons. The van der Waals surface area contributed by atoms with Crippen LogP contribution in [0.4, 0.5) is 0 Å². The fourth-order valence-electron chi connectivity index (χ4n) is 3.16. The number of nitrogens with one attached hydrogen (secondary N) is 1. The molecule has 4 aromatic rings. The fourth-order valence-corrected chi connectivity index (χ4v) is 3.98. The lowest BCUT2D eigenvalue weighted by molar-refractivity contribution is -0.124. The lowest BCUT2D eigenvalue weighted by atomic mass is 10.1. The van der Waals surface area contributed by atoms with Gasteiger partial charge in [-0.05, 0) is 37.3 Å². The van der Waals surface area contributed by atoms with Crippen LogP contribution >= 0.6 is 11.3 Å². The molecule has 0 bridgehead atoms. The Morgan fingerprint density at radius 1 is 1.06 bits per heavy atom.